The second kappa shape index (κ2) is 15.3. The molecular weight excluding hydrogens is 628 g/mol. The van der Waals surface area contributed by atoms with Crippen molar-refractivity contribution >= 4 is 29.6 Å². The van der Waals surface area contributed by atoms with E-state index in [2.05, 4.69) is 5.32 Å². The Balaban J connectivity index is 1.37. The van der Waals surface area contributed by atoms with Crippen molar-refractivity contribution < 1.29 is 33.6 Å². The van der Waals surface area contributed by atoms with Crippen LogP contribution in [0.1, 0.15) is 69.1 Å². The molecule has 0 unspecified atom stereocenters. The summed E-state index contributed by atoms with van der Waals surface area (Å²) >= 11 is 0. The molecule has 2 aliphatic rings. The van der Waals surface area contributed by atoms with Crippen LogP contribution < -0.4 is 5.32 Å². The van der Waals surface area contributed by atoms with Gasteiger partial charge in [0.15, 0.2) is 0 Å². The topological polar surface area (TPSA) is 148 Å². The van der Waals surface area contributed by atoms with Gasteiger partial charge in [-0.25, -0.2) is 9.59 Å². The van der Waals surface area contributed by atoms with Gasteiger partial charge in [0.2, 0.25) is 11.8 Å². The van der Waals surface area contributed by atoms with Crippen molar-refractivity contribution in [3.05, 3.63) is 112 Å². The minimum atomic E-state index is -1.10. The Morgan fingerprint density at radius 2 is 1.39 bits per heavy atom. The molecule has 2 saturated heterocycles. The van der Waals surface area contributed by atoms with Crippen LogP contribution in [0, 0.1) is 10.1 Å². The minimum Gasteiger partial charge on any atom is -0.459 e. The molecule has 0 aliphatic carbocycles. The zero-order valence-corrected chi connectivity index (χ0v) is 27.9. The molecule has 1 N–H and O–H groups in total. The number of hydrogen-bond acceptors (Lipinski definition) is 8. The zero-order chi connectivity index (χ0) is 35.1. The molecule has 12 heteroatoms. The maximum atomic E-state index is 14.7. The first-order chi connectivity index (χ1) is 23.4. The summed E-state index contributed by atoms with van der Waals surface area (Å²) in [7, 11) is 0. The SMILES string of the molecule is CC(C)(C)OC(=O)N[C@H](C(=O)N1CCC[C@H]1C(=O)N1CCC[C@H]1C(=O)OCc1ccc([N+](=O)[O-])cc1)C(c1ccccc1)c1ccccc1. The number of esters is 1. The van der Waals surface area contributed by atoms with E-state index in [1.54, 1.807) is 20.8 Å². The fraction of sp³-hybridized carbons (Fsp3) is 0.405. The van der Waals surface area contributed by atoms with Gasteiger partial charge in [-0.1, -0.05) is 60.7 Å². The Bertz CT molecular complexity index is 1600. The van der Waals surface area contributed by atoms with Crippen LogP contribution in [0.5, 0.6) is 0 Å². The Morgan fingerprint density at radius 1 is 0.837 bits per heavy atom. The highest BCUT2D eigenvalue weighted by Gasteiger charge is 2.46. The number of alkyl carbamates (subject to hydrolysis) is 1. The van der Waals surface area contributed by atoms with Crippen molar-refractivity contribution in [2.45, 2.75) is 82.7 Å². The number of benzene rings is 3. The molecule has 3 atom stereocenters. The van der Waals surface area contributed by atoms with Crippen LogP contribution in [-0.4, -0.2) is 75.4 Å². The van der Waals surface area contributed by atoms with E-state index >= 15 is 0 Å². The summed E-state index contributed by atoms with van der Waals surface area (Å²) in [5.74, 6) is -1.92. The van der Waals surface area contributed by atoms with Crippen LogP contribution in [0.3, 0.4) is 0 Å². The molecule has 12 nitrogen and oxygen atoms in total. The summed E-state index contributed by atoms with van der Waals surface area (Å²) in [4.78, 5) is 68.7. The highest BCUT2D eigenvalue weighted by molar-refractivity contribution is 5.94. The maximum Gasteiger partial charge on any atom is 0.408 e. The monoisotopic (exact) mass is 670 g/mol. The molecule has 0 bridgehead atoms. The van der Waals surface area contributed by atoms with Gasteiger partial charge < -0.3 is 24.6 Å². The lowest BCUT2D eigenvalue weighted by Gasteiger charge is -2.35. The number of nitro benzene ring substituents is 1. The number of non-ortho nitro benzene ring substituents is 1. The molecule has 0 spiro atoms. The van der Waals surface area contributed by atoms with Crippen molar-refractivity contribution in [1.82, 2.24) is 15.1 Å². The summed E-state index contributed by atoms with van der Waals surface area (Å²) in [6.45, 7) is 5.78. The number of nitrogens with zero attached hydrogens (tertiary/aromatic N) is 3. The second-order valence-corrected chi connectivity index (χ2v) is 13.3. The predicted molar refractivity (Wildman–Crippen MR) is 180 cm³/mol. The van der Waals surface area contributed by atoms with Crippen molar-refractivity contribution in [1.29, 1.82) is 0 Å². The van der Waals surface area contributed by atoms with Crippen LogP contribution in [0.25, 0.3) is 0 Å². The van der Waals surface area contributed by atoms with Gasteiger partial charge in [0.25, 0.3) is 5.69 Å². The van der Waals surface area contributed by atoms with Crippen molar-refractivity contribution in [3.8, 4) is 0 Å². The normalized spacial score (nSPS) is 18.2. The first-order valence-corrected chi connectivity index (χ1v) is 16.5. The van der Waals surface area contributed by atoms with Crippen molar-refractivity contribution in [2.75, 3.05) is 13.1 Å². The number of amides is 3. The van der Waals surface area contributed by atoms with Gasteiger partial charge in [-0.3, -0.25) is 19.7 Å². The van der Waals surface area contributed by atoms with Crippen molar-refractivity contribution in [3.63, 3.8) is 0 Å². The summed E-state index contributed by atoms with van der Waals surface area (Å²) in [5, 5.41) is 13.8. The molecule has 0 aromatic heterocycles. The Kier molecular flexibility index (Phi) is 11.0. The smallest absolute Gasteiger partial charge is 0.408 e. The molecule has 3 amide bonds. The number of carbonyl (C=O) groups is 4. The predicted octanol–water partition coefficient (Wildman–Crippen LogP) is 5.35. The van der Waals surface area contributed by atoms with E-state index < -0.39 is 52.5 Å². The first-order valence-electron chi connectivity index (χ1n) is 16.5. The van der Waals surface area contributed by atoms with E-state index in [1.807, 2.05) is 60.7 Å². The summed E-state index contributed by atoms with van der Waals surface area (Å²) in [6.07, 6.45) is 1.24. The Labute approximate surface area is 285 Å². The third-order valence-corrected chi connectivity index (χ3v) is 8.75. The average molecular weight is 671 g/mol. The number of likely N-dealkylation sites (tertiary alicyclic amines) is 2. The van der Waals surface area contributed by atoms with Gasteiger partial charge in [-0.15, -0.1) is 0 Å². The lowest BCUT2D eigenvalue weighted by atomic mass is 9.84. The molecular formula is C37H42N4O8. The summed E-state index contributed by atoms with van der Waals surface area (Å²) in [6, 6.07) is 21.8. The molecule has 2 fully saturated rings. The van der Waals surface area contributed by atoms with Crippen LogP contribution >= 0.6 is 0 Å². The number of nitro groups is 1. The lowest BCUT2D eigenvalue weighted by Crippen LogP contribution is -2.57. The molecule has 0 radical (unpaired) electrons. The zero-order valence-electron chi connectivity index (χ0n) is 27.9. The number of nitrogens with one attached hydrogen (secondary N) is 1. The van der Waals surface area contributed by atoms with Crippen molar-refractivity contribution in [2.24, 2.45) is 0 Å². The molecule has 2 heterocycles. The molecule has 5 rings (SSSR count). The molecule has 258 valence electrons. The van der Waals surface area contributed by atoms with E-state index in [1.165, 1.54) is 34.1 Å². The third-order valence-electron chi connectivity index (χ3n) is 8.75. The van der Waals surface area contributed by atoms with Gasteiger partial charge in [0.05, 0.1) is 4.92 Å². The Hall–Kier alpha value is -5.26. The van der Waals surface area contributed by atoms with Gasteiger partial charge in [0.1, 0.15) is 30.3 Å². The summed E-state index contributed by atoms with van der Waals surface area (Å²) < 4.78 is 11.1. The standard InChI is InChI=1S/C37H42N4O8/c1-37(2,3)49-36(45)38-32(31(26-12-6-4-7-13-26)27-14-8-5-9-15-27)34(43)39-22-10-16-29(39)33(42)40-23-11-17-30(40)35(44)48-24-25-18-20-28(21-19-25)41(46)47/h4-9,12-15,18-21,29-32H,10-11,16-17,22-24H2,1-3H3,(H,38,45)/t29-,30-,32-/m0/s1. The van der Waals surface area contributed by atoms with Gasteiger partial charge >= 0.3 is 12.1 Å². The minimum absolute atomic E-state index is 0.0688. The number of hydrogen-bond donors (Lipinski definition) is 1. The third kappa shape index (κ3) is 8.62. The van der Waals surface area contributed by atoms with Crippen LogP contribution in [-0.2, 0) is 30.5 Å². The van der Waals surface area contributed by atoms with Gasteiger partial charge in [-0.2, -0.15) is 0 Å². The Morgan fingerprint density at radius 3 is 1.94 bits per heavy atom. The van der Waals surface area contributed by atoms with Crippen LogP contribution in [0.4, 0.5) is 10.5 Å². The van der Waals surface area contributed by atoms with Crippen LogP contribution in [0.15, 0.2) is 84.9 Å². The maximum absolute atomic E-state index is 14.7. The van der Waals surface area contributed by atoms with E-state index in [9.17, 15) is 29.3 Å². The fourth-order valence-corrected chi connectivity index (χ4v) is 6.52. The fourth-order valence-electron chi connectivity index (χ4n) is 6.52. The second-order valence-electron chi connectivity index (χ2n) is 13.3. The van der Waals surface area contributed by atoms with E-state index in [-0.39, 0.29) is 18.2 Å². The van der Waals surface area contributed by atoms with Gasteiger partial charge in [0, 0.05) is 31.1 Å². The number of carbonyl (C=O) groups excluding carboxylic acids is 4. The highest BCUT2D eigenvalue weighted by Crippen LogP contribution is 2.33. The number of rotatable bonds is 10. The molecule has 0 saturated carbocycles. The largest absolute Gasteiger partial charge is 0.459 e. The van der Waals surface area contributed by atoms with E-state index in [0.717, 1.165) is 11.1 Å². The lowest BCUT2D eigenvalue weighted by molar-refractivity contribution is -0.384. The molecule has 49 heavy (non-hydrogen) atoms. The quantitative estimate of drug-likeness (QED) is 0.173. The highest BCUT2D eigenvalue weighted by atomic mass is 16.6. The van der Waals surface area contributed by atoms with E-state index in [0.29, 0.717) is 44.3 Å². The van der Waals surface area contributed by atoms with E-state index in [4.69, 9.17) is 9.47 Å². The van der Waals surface area contributed by atoms with Gasteiger partial charge in [-0.05, 0) is 75.3 Å². The molecule has 3 aromatic carbocycles. The number of ether oxygens (including phenoxy) is 2. The average Bonchev–Trinajstić information content (AvgIpc) is 3.78. The molecule has 2 aliphatic heterocycles. The molecule has 3 aromatic rings. The first kappa shape index (κ1) is 35.1. The van der Waals surface area contributed by atoms with Crippen LogP contribution in [0.2, 0.25) is 0 Å². The summed E-state index contributed by atoms with van der Waals surface area (Å²) in [5.41, 5.74) is 1.32.